The summed E-state index contributed by atoms with van der Waals surface area (Å²) in [6.45, 7) is 5.31. The Hall–Kier alpha value is -4.71. The number of hydrogen-bond acceptors (Lipinski definition) is 8. The van der Waals surface area contributed by atoms with E-state index in [1.165, 1.54) is 0 Å². The van der Waals surface area contributed by atoms with Crippen molar-refractivity contribution in [2.24, 2.45) is 12.8 Å². The maximum atomic E-state index is 13.3. The first-order valence-corrected chi connectivity index (χ1v) is 15.8. The highest BCUT2D eigenvalue weighted by atomic mass is 32.1. The smallest absolute Gasteiger partial charge is 0.272 e. The lowest BCUT2D eigenvalue weighted by Gasteiger charge is -2.33. The van der Waals surface area contributed by atoms with E-state index in [4.69, 9.17) is 16.2 Å². The van der Waals surface area contributed by atoms with Crippen LogP contribution < -0.4 is 21.5 Å². The van der Waals surface area contributed by atoms with Gasteiger partial charge in [0, 0.05) is 91.0 Å². The van der Waals surface area contributed by atoms with Crippen molar-refractivity contribution < 1.29 is 14.3 Å². The van der Waals surface area contributed by atoms with Gasteiger partial charge in [-0.2, -0.15) is 0 Å². The van der Waals surface area contributed by atoms with Gasteiger partial charge in [0.2, 0.25) is 5.91 Å². The summed E-state index contributed by atoms with van der Waals surface area (Å²) in [4.78, 5) is 33.5. The highest BCUT2D eigenvalue weighted by molar-refractivity contribution is 7.18. The van der Waals surface area contributed by atoms with Crippen molar-refractivity contribution in [3.8, 4) is 16.9 Å². The number of nitrogen functional groups attached to an aromatic ring is 1. The second-order valence-electron chi connectivity index (χ2n) is 11.2. The molecule has 0 bridgehead atoms. The summed E-state index contributed by atoms with van der Waals surface area (Å²) in [6.07, 6.45) is 6.51. The number of thiophene rings is 1. The fourth-order valence-electron chi connectivity index (χ4n) is 5.87. The molecule has 2 amide bonds. The summed E-state index contributed by atoms with van der Waals surface area (Å²) in [5, 5.41) is 7.02. The first kappa shape index (κ1) is 30.3. The zero-order chi connectivity index (χ0) is 31.5. The number of anilines is 2. The van der Waals surface area contributed by atoms with Crippen molar-refractivity contribution in [3.63, 3.8) is 0 Å². The molecule has 45 heavy (non-hydrogen) atoms. The van der Waals surface area contributed by atoms with Gasteiger partial charge in [-0.05, 0) is 35.2 Å². The number of amides is 2. The van der Waals surface area contributed by atoms with Gasteiger partial charge in [-0.3, -0.25) is 14.5 Å². The minimum atomic E-state index is -0.252. The minimum Gasteiger partial charge on any atom is -0.495 e. The highest BCUT2D eigenvalue weighted by Crippen LogP contribution is 2.41. The molecule has 232 valence electrons. The average molecular weight is 624 g/mol. The van der Waals surface area contributed by atoms with Crippen LogP contribution in [0.4, 0.5) is 11.5 Å². The summed E-state index contributed by atoms with van der Waals surface area (Å²) in [5.74, 6) is 0.558. The maximum absolute atomic E-state index is 13.3. The summed E-state index contributed by atoms with van der Waals surface area (Å²) in [5.41, 5.74) is 16.8. The third-order valence-corrected chi connectivity index (χ3v) is 9.43. The van der Waals surface area contributed by atoms with Crippen molar-refractivity contribution in [2.45, 2.75) is 6.42 Å². The normalized spacial score (nSPS) is 14.4. The number of methoxy groups -OCH3 is 1. The molecule has 0 spiro atoms. The SMILES string of the molecule is COc1cc(-c2csc3c(/C=C/CN4CCN(CCC(N)=O)CC4)cnc(N)c23)ccc1NC(=O)c1cc2ccccc2n1C. The maximum Gasteiger partial charge on any atom is 0.272 e. The van der Waals surface area contributed by atoms with Crippen LogP contribution >= 0.6 is 11.3 Å². The molecule has 10 nitrogen and oxygen atoms in total. The van der Waals surface area contributed by atoms with Gasteiger partial charge in [0.25, 0.3) is 5.91 Å². The molecular weight excluding hydrogens is 586 g/mol. The fraction of sp³-hybridized carbons (Fsp3) is 0.265. The van der Waals surface area contributed by atoms with Gasteiger partial charge >= 0.3 is 0 Å². The molecule has 3 aromatic heterocycles. The number of nitrogens with zero attached hydrogens (tertiary/aromatic N) is 4. The standard InChI is InChI=1S/C34H37N7O3S/c1-39-27-8-4-3-6-23(27)18-28(39)34(43)38-26-10-9-22(19-29(26)44-2)25-21-45-32-24(20-37-33(36)31(25)32)7-5-12-40-14-16-41(17-15-40)13-11-30(35)42/h3-10,18-21H,11-17H2,1-2H3,(H2,35,42)(H2,36,37)(H,38,43)/b7-5+. The third-order valence-electron chi connectivity index (χ3n) is 8.40. The summed E-state index contributed by atoms with van der Waals surface area (Å²) in [7, 11) is 3.48. The lowest BCUT2D eigenvalue weighted by molar-refractivity contribution is -0.118. The largest absolute Gasteiger partial charge is 0.495 e. The molecule has 1 aliphatic rings. The molecule has 0 atom stereocenters. The van der Waals surface area contributed by atoms with Crippen LogP contribution in [0.5, 0.6) is 5.75 Å². The molecule has 1 aliphatic heterocycles. The van der Waals surface area contributed by atoms with E-state index in [1.54, 1.807) is 18.4 Å². The van der Waals surface area contributed by atoms with Crippen LogP contribution in [-0.4, -0.2) is 77.5 Å². The predicted molar refractivity (Wildman–Crippen MR) is 183 cm³/mol. The molecule has 2 aromatic carbocycles. The summed E-state index contributed by atoms with van der Waals surface area (Å²) < 4.78 is 8.67. The number of hydrogen-bond donors (Lipinski definition) is 3. The predicted octanol–water partition coefficient (Wildman–Crippen LogP) is 4.80. The van der Waals surface area contributed by atoms with Crippen molar-refractivity contribution in [3.05, 3.63) is 77.4 Å². The number of fused-ring (bicyclic) bond motifs is 2. The molecule has 1 saturated heterocycles. The molecular formula is C34H37N7O3S. The molecule has 0 radical (unpaired) electrons. The van der Waals surface area contributed by atoms with E-state index >= 15 is 0 Å². The lowest BCUT2D eigenvalue weighted by Crippen LogP contribution is -2.46. The van der Waals surface area contributed by atoms with Gasteiger partial charge < -0.3 is 31.0 Å². The van der Waals surface area contributed by atoms with Gasteiger partial charge in [-0.15, -0.1) is 11.3 Å². The number of primary amides is 1. The number of nitrogens with two attached hydrogens (primary N) is 2. The van der Waals surface area contributed by atoms with Crippen LogP contribution in [0, 0.1) is 0 Å². The van der Waals surface area contributed by atoms with Crippen molar-refractivity contribution >= 4 is 61.7 Å². The van der Waals surface area contributed by atoms with E-state index in [0.29, 0.717) is 29.4 Å². The van der Waals surface area contributed by atoms with Crippen molar-refractivity contribution in [1.29, 1.82) is 0 Å². The Labute approximate surface area is 265 Å². The first-order valence-electron chi connectivity index (χ1n) is 14.9. The number of benzene rings is 2. The number of pyridine rings is 1. The van der Waals surface area contributed by atoms with Crippen LogP contribution in [0.3, 0.4) is 0 Å². The number of aryl methyl sites for hydroxylation is 1. The van der Waals surface area contributed by atoms with Gasteiger partial charge in [0.05, 0.1) is 12.8 Å². The molecule has 6 rings (SSSR count). The topological polar surface area (TPSA) is 132 Å². The monoisotopic (exact) mass is 623 g/mol. The Balaban J connectivity index is 1.18. The molecule has 1 fully saturated rings. The fourth-order valence-corrected chi connectivity index (χ4v) is 6.94. The van der Waals surface area contributed by atoms with E-state index in [1.807, 2.05) is 66.3 Å². The van der Waals surface area contributed by atoms with E-state index in [9.17, 15) is 9.59 Å². The number of rotatable bonds is 10. The van der Waals surface area contributed by atoms with Crippen molar-refractivity contribution in [1.82, 2.24) is 19.4 Å². The Morgan fingerprint density at radius 3 is 2.62 bits per heavy atom. The second-order valence-corrected chi connectivity index (χ2v) is 12.1. The number of aromatic nitrogens is 2. The first-order chi connectivity index (χ1) is 21.8. The number of nitrogens with one attached hydrogen (secondary N) is 1. The van der Waals surface area contributed by atoms with Gasteiger partial charge in [-0.1, -0.05) is 36.4 Å². The number of carbonyl (C=O) groups is 2. The minimum absolute atomic E-state index is 0.212. The highest BCUT2D eigenvalue weighted by Gasteiger charge is 2.19. The van der Waals surface area contributed by atoms with Crippen LogP contribution in [0.15, 0.2) is 66.2 Å². The molecule has 0 aliphatic carbocycles. The van der Waals surface area contributed by atoms with Crippen molar-refractivity contribution in [2.75, 3.05) is 57.4 Å². The van der Waals surface area contributed by atoms with Gasteiger partial charge in [0.15, 0.2) is 0 Å². The number of para-hydroxylation sites is 1. The van der Waals surface area contributed by atoms with Gasteiger partial charge in [-0.25, -0.2) is 4.98 Å². The van der Waals surface area contributed by atoms with E-state index in [-0.39, 0.29) is 11.8 Å². The molecule has 4 heterocycles. The van der Waals surface area contributed by atoms with Crippen LogP contribution in [-0.2, 0) is 11.8 Å². The molecule has 0 unspecified atom stereocenters. The van der Waals surface area contributed by atoms with Gasteiger partial charge in [0.1, 0.15) is 17.3 Å². The summed E-state index contributed by atoms with van der Waals surface area (Å²) >= 11 is 1.63. The lowest BCUT2D eigenvalue weighted by atomic mass is 10.0. The van der Waals surface area contributed by atoms with E-state index in [0.717, 1.165) is 76.9 Å². The molecule has 11 heteroatoms. The second kappa shape index (κ2) is 13.1. The third kappa shape index (κ3) is 6.41. The zero-order valence-electron chi connectivity index (χ0n) is 25.5. The molecule has 5 aromatic rings. The van der Waals surface area contributed by atoms with E-state index < -0.39 is 0 Å². The molecule has 5 N–H and O–H groups in total. The number of piperazine rings is 1. The Bertz CT molecular complexity index is 1900. The van der Waals surface area contributed by atoms with Crippen LogP contribution in [0.25, 0.3) is 38.2 Å². The van der Waals surface area contributed by atoms with Crippen LogP contribution in [0.2, 0.25) is 0 Å². The number of carbonyl (C=O) groups excluding carboxylic acids is 2. The van der Waals surface area contributed by atoms with Crippen LogP contribution in [0.1, 0.15) is 22.5 Å². The molecule has 0 saturated carbocycles. The Morgan fingerprint density at radius 1 is 1.09 bits per heavy atom. The number of ether oxygens (including phenoxy) is 1. The zero-order valence-corrected chi connectivity index (χ0v) is 26.3. The Morgan fingerprint density at radius 2 is 1.87 bits per heavy atom. The summed E-state index contributed by atoms with van der Waals surface area (Å²) in [6, 6.07) is 15.5. The average Bonchev–Trinajstić information content (AvgIpc) is 3.65. The quantitative estimate of drug-likeness (QED) is 0.204. The van der Waals surface area contributed by atoms with E-state index in [2.05, 4.69) is 37.6 Å². The Kier molecular flexibility index (Phi) is 8.83.